The molecular formula is C17H26N4O4. The molecule has 25 heavy (non-hydrogen) atoms. The van der Waals surface area contributed by atoms with Crippen LogP contribution in [-0.2, 0) is 4.79 Å². The zero-order chi connectivity index (χ0) is 18.0. The van der Waals surface area contributed by atoms with Gasteiger partial charge in [0.15, 0.2) is 5.76 Å². The zero-order valence-corrected chi connectivity index (χ0v) is 14.8. The van der Waals surface area contributed by atoms with Crippen LogP contribution < -0.4 is 5.32 Å². The number of hydrogen-bond donors (Lipinski definition) is 2. The van der Waals surface area contributed by atoms with E-state index in [0.29, 0.717) is 55.5 Å². The number of rotatable bonds is 4. The van der Waals surface area contributed by atoms with Gasteiger partial charge in [0.05, 0.1) is 0 Å². The van der Waals surface area contributed by atoms with Crippen molar-refractivity contribution in [2.24, 2.45) is 5.92 Å². The van der Waals surface area contributed by atoms with E-state index in [0.717, 1.165) is 12.8 Å². The van der Waals surface area contributed by atoms with Gasteiger partial charge in [0, 0.05) is 38.7 Å². The van der Waals surface area contributed by atoms with Crippen LogP contribution in [0.5, 0.6) is 0 Å². The van der Waals surface area contributed by atoms with E-state index in [-0.39, 0.29) is 24.6 Å². The van der Waals surface area contributed by atoms with Crippen LogP contribution >= 0.6 is 0 Å². The van der Waals surface area contributed by atoms with Crippen LogP contribution in [0.3, 0.4) is 0 Å². The lowest BCUT2D eigenvalue weighted by Gasteiger charge is -2.47. The number of urea groups is 1. The highest BCUT2D eigenvalue weighted by Gasteiger charge is 2.40. The summed E-state index contributed by atoms with van der Waals surface area (Å²) in [6, 6.07) is 0.0302. The monoisotopic (exact) mass is 350 g/mol. The summed E-state index contributed by atoms with van der Waals surface area (Å²) in [5.41, 5.74) is 1.30. The number of piperidine rings is 2. The van der Waals surface area contributed by atoms with Crippen LogP contribution in [0.1, 0.15) is 37.1 Å². The molecule has 2 fully saturated rings. The second kappa shape index (κ2) is 7.43. The third-order valence-corrected chi connectivity index (χ3v) is 5.25. The Bertz CT molecular complexity index is 625. The molecule has 0 bridgehead atoms. The van der Waals surface area contributed by atoms with Crippen molar-refractivity contribution in [3.05, 3.63) is 11.5 Å². The van der Waals surface area contributed by atoms with Crippen molar-refractivity contribution in [1.29, 1.82) is 0 Å². The Morgan fingerprint density at radius 2 is 2.20 bits per heavy atom. The van der Waals surface area contributed by atoms with Gasteiger partial charge in [0.2, 0.25) is 5.91 Å². The predicted molar refractivity (Wildman–Crippen MR) is 91.1 cm³/mol. The van der Waals surface area contributed by atoms with E-state index in [1.807, 2.05) is 9.80 Å². The number of aliphatic hydroxyl groups is 1. The molecule has 1 aromatic heterocycles. The largest absolute Gasteiger partial charge is 0.396 e. The van der Waals surface area contributed by atoms with Gasteiger partial charge in [-0.1, -0.05) is 5.16 Å². The number of likely N-dealkylation sites (tertiary alicyclic amines) is 2. The van der Waals surface area contributed by atoms with Crippen molar-refractivity contribution in [1.82, 2.24) is 15.0 Å². The Morgan fingerprint density at radius 1 is 1.40 bits per heavy atom. The van der Waals surface area contributed by atoms with Crippen LogP contribution in [0.15, 0.2) is 4.52 Å². The highest BCUT2D eigenvalue weighted by atomic mass is 16.5. The summed E-state index contributed by atoms with van der Waals surface area (Å²) >= 11 is 0. The van der Waals surface area contributed by atoms with Gasteiger partial charge in [0.1, 0.15) is 11.4 Å². The second-order valence-electron chi connectivity index (χ2n) is 6.89. The Balaban J connectivity index is 1.63. The maximum atomic E-state index is 12.6. The number of aliphatic hydroxyl groups excluding tert-OH is 1. The third kappa shape index (κ3) is 3.63. The van der Waals surface area contributed by atoms with Crippen molar-refractivity contribution in [3.63, 3.8) is 0 Å². The molecule has 138 valence electrons. The van der Waals surface area contributed by atoms with Gasteiger partial charge in [-0.3, -0.25) is 4.79 Å². The SMILES string of the molecule is Cc1noc(C)c1NC(=O)N1CC[C@@H]2[C@@H](CCC(=O)N2CCCO)C1. The molecule has 3 amide bonds. The number of aromatic nitrogens is 1. The molecule has 2 atom stereocenters. The lowest BCUT2D eigenvalue weighted by Crippen LogP contribution is -2.57. The number of fused-ring (bicyclic) bond motifs is 1. The summed E-state index contributed by atoms with van der Waals surface area (Å²) in [6.45, 7) is 5.51. The van der Waals surface area contributed by atoms with Gasteiger partial charge in [0.25, 0.3) is 0 Å². The molecule has 8 nitrogen and oxygen atoms in total. The van der Waals surface area contributed by atoms with Crippen molar-refractivity contribution in [2.75, 3.05) is 31.6 Å². The topological polar surface area (TPSA) is 98.9 Å². The van der Waals surface area contributed by atoms with Crippen molar-refractivity contribution in [2.45, 2.75) is 45.6 Å². The maximum absolute atomic E-state index is 12.6. The summed E-state index contributed by atoms with van der Waals surface area (Å²) in [7, 11) is 0. The standard InChI is InChI=1S/C17H26N4O4/c1-11-16(12(2)25-19-11)18-17(24)20-8-6-14-13(10-20)4-5-15(23)21(14)7-3-9-22/h13-14,22H,3-10H2,1-2H3,(H,18,24)/t13-,14+/m0/s1. The number of nitrogens with zero attached hydrogens (tertiary/aromatic N) is 3. The molecule has 8 heteroatoms. The van der Waals surface area contributed by atoms with Gasteiger partial charge >= 0.3 is 6.03 Å². The molecule has 2 saturated heterocycles. The third-order valence-electron chi connectivity index (χ3n) is 5.25. The quantitative estimate of drug-likeness (QED) is 0.858. The van der Waals surface area contributed by atoms with Crippen molar-refractivity contribution >= 4 is 17.6 Å². The number of anilines is 1. The minimum atomic E-state index is -0.147. The van der Waals surface area contributed by atoms with E-state index in [1.165, 1.54) is 0 Å². The summed E-state index contributed by atoms with van der Waals surface area (Å²) in [4.78, 5) is 28.5. The van der Waals surface area contributed by atoms with E-state index >= 15 is 0 Å². The highest BCUT2D eigenvalue weighted by molar-refractivity contribution is 5.90. The van der Waals surface area contributed by atoms with Crippen molar-refractivity contribution in [3.8, 4) is 0 Å². The zero-order valence-electron chi connectivity index (χ0n) is 14.8. The summed E-state index contributed by atoms with van der Waals surface area (Å²) < 4.78 is 5.08. The van der Waals surface area contributed by atoms with Gasteiger partial charge in [-0.25, -0.2) is 4.79 Å². The number of aryl methyl sites for hydroxylation is 2. The molecule has 2 aliphatic heterocycles. The van der Waals surface area contributed by atoms with Crippen LogP contribution in [0.2, 0.25) is 0 Å². The first-order chi connectivity index (χ1) is 12.0. The molecule has 0 saturated carbocycles. The Morgan fingerprint density at radius 3 is 2.88 bits per heavy atom. The fourth-order valence-electron chi connectivity index (χ4n) is 3.91. The van der Waals surface area contributed by atoms with Gasteiger partial charge in [-0.15, -0.1) is 0 Å². The van der Waals surface area contributed by atoms with Gasteiger partial charge < -0.3 is 24.7 Å². The molecule has 0 spiro atoms. The Hall–Kier alpha value is -2.09. The normalized spacial score (nSPS) is 23.6. The fourth-order valence-corrected chi connectivity index (χ4v) is 3.91. The van der Waals surface area contributed by atoms with E-state index in [2.05, 4.69) is 10.5 Å². The molecule has 2 N–H and O–H groups in total. The van der Waals surface area contributed by atoms with Gasteiger partial charge in [-0.2, -0.15) is 0 Å². The molecule has 2 aliphatic rings. The van der Waals surface area contributed by atoms with E-state index in [9.17, 15) is 9.59 Å². The van der Waals surface area contributed by atoms with Crippen LogP contribution in [0.4, 0.5) is 10.5 Å². The highest BCUT2D eigenvalue weighted by Crippen LogP contribution is 2.32. The predicted octanol–water partition coefficient (Wildman–Crippen LogP) is 1.52. The number of nitrogens with one attached hydrogen (secondary N) is 1. The molecular weight excluding hydrogens is 324 g/mol. The molecule has 0 radical (unpaired) electrons. The summed E-state index contributed by atoms with van der Waals surface area (Å²) in [5, 5.41) is 15.8. The first-order valence-electron chi connectivity index (χ1n) is 8.90. The first-order valence-corrected chi connectivity index (χ1v) is 8.90. The average molecular weight is 350 g/mol. The first kappa shape index (κ1) is 17.7. The van der Waals surface area contributed by atoms with E-state index < -0.39 is 0 Å². The molecule has 0 aliphatic carbocycles. The smallest absolute Gasteiger partial charge is 0.322 e. The Kier molecular flexibility index (Phi) is 5.27. The summed E-state index contributed by atoms with van der Waals surface area (Å²) in [6.07, 6.45) is 2.71. The van der Waals surface area contributed by atoms with E-state index in [4.69, 9.17) is 9.63 Å². The fraction of sp³-hybridized carbons (Fsp3) is 0.706. The summed E-state index contributed by atoms with van der Waals surface area (Å²) in [5.74, 6) is 1.06. The van der Waals surface area contributed by atoms with Crippen LogP contribution in [-0.4, -0.2) is 64.3 Å². The van der Waals surface area contributed by atoms with Gasteiger partial charge in [-0.05, 0) is 39.0 Å². The lowest BCUT2D eigenvalue weighted by atomic mass is 9.83. The van der Waals surface area contributed by atoms with Crippen molar-refractivity contribution < 1.29 is 19.2 Å². The molecule has 0 aromatic carbocycles. The number of carbonyl (C=O) groups is 2. The molecule has 0 unspecified atom stereocenters. The molecule has 3 heterocycles. The maximum Gasteiger partial charge on any atom is 0.322 e. The van der Waals surface area contributed by atoms with Crippen LogP contribution in [0.25, 0.3) is 0 Å². The second-order valence-corrected chi connectivity index (χ2v) is 6.89. The van der Waals surface area contributed by atoms with E-state index in [1.54, 1.807) is 13.8 Å². The lowest BCUT2D eigenvalue weighted by molar-refractivity contribution is -0.140. The minimum absolute atomic E-state index is 0.0904. The molecule has 1 aromatic rings. The average Bonchev–Trinajstić information content (AvgIpc) is 2.92. The number of amides is 3. The Labute approximate surface area is 147 Å². The van der Waals surface area contributed by atoms with Crippen LogP contribution in [0, 0.1) is 19.8 Å². The number of carbonyl (C=O) groups excluding carboxylic acids is 2. The number of hydrogen-bond acceptors (Lipinski definition) is 5. The minimum Gasteiger partial charge on any atom is -0.396 e. The molecule has 3 rings (SSSR count).